The minimum atomic E-state index is -2.37. The molecule has 4 aromatic carbocycles. The van der Waals surface area contributed by atoms with E-state index in [4.69, 9.17) is 37.9 Å². The third-order valence-corrected chi connectivity index (χ3v) is 18.9. The van der Waals surface area contributed by atoms with E-state index in [9.17, 15) is 84.0 Å². The van der Waals surface area contributed by atoms with E-state index in [0.29, 0.717) is 12.2 Å². The van der Waals surface area contributed by atoms with Crippen LogP contribution in [0.15, 0.2) is 109 Å². The number of carbonyl (C=O) groups is 11. The van der Waals surface area contributed by atoms with Crippen molar-refractivity contribution in [1.82, 2.24) is 36.4 Å². The number of phenols is 1. The Morgan fingerprint density at radius 2 is 1.13 bits per heavy atom. The summed E-state index contributed by atoms with van der Waals surface area (Å²) in [4.78, 5) is 155. The van der Waals surface area contributed by atoms with E-state index in [1.54, 1.807) is 12.1 Å². The van der Waals surface area contributed by atoms with Crippen LogP contribution in [0.25, 0.3) is 22.3 Å². The number of fused-ring (bicyclic) bond motifs is 2. The molecule has 0 spiro atoms. The molecule has 0 aromatic heterocycles. The van der Waals surface area contributed by atoms with Crippen molar-refractivity contribution in [2.45, 2.75) is 203 Å². The van der Waals surface area contributed by atoms with Crippen molar-refractivity contribution >= 4 is 65.2 Å². The number of phenolic OH excluding ortho intramolecular Hbond substituents is 1. The fourth-order valence-electron chi connectivity index (χ4n) is 13.1. The number of amides is 7. The maximum atomic E-state index is 15.1. The van der Waals surface area contributed by atoms with Crippen molar-refractivity contribution < 1.29 is 131 Å². The zero-order valence-electron chi connectivity index (χ0n) is 61.9. The molecule has 13 N–H and O–H groups in total. The Balaban J connectivity index is 1.14. The highest BCUT2D eigenvalue weighted by molar-refractivity contribution is 6.00. The van der Waals surface area contributed by atoms with Crippen LogP contribution in [0.2, 0.25) is 0 Å². The second kappa shape index (κ2) is 39.6. The van der Waals surface area contributed by atoms with Crippen LogP contribution in [0.3, 0.4) is 0 Å². The normalized spacial score (nSPS) is 27.6. The van der Waals surface area contributed by atoms with Crippen LogP contribution in [0.1, 0.15) is 110 Å². The standard InChI is InChI=1S/C76H97N7O27/c1-9-10-11-30-103-53-28-24-48(25-29-53)46-16-14-45(15-17-46)47-18-20-50(21-19-47)68(96)77-54-34-56(92)73(104-31-12-13-32-105-76-67(109-44(8)89)66(108-43(7)88)65(107-42(6)87)57(110-76)37-106-41(5)86)81-72(100)61-62(93)38(2)35-83(61)75(102)59(40(4)85)79-71(99)60(64(95)63(94)49-22-26-51(90)27-23-49)80-70(98)55-33-52(91)36-82(55)74(101)58(39(3)84)78-69(54)97/h12-29,38-40,52,54-67,73,76,84-85,90-95H,9-11,30-37H2,1-8H3,(H,77,96)(H,78,97)(H,79,99)(H,80,98)(H,81,100)/b13-12-/t38-,39+,40+,52+,54-,55-,56+,57+,58-,59-,60-,61-,62-,63-,64-,65+,66-,67+,73+,76+/m0/s1. The van der Waals surface area contributed by atoms with E-state index >= 15 is 9.59 Å². The molecule has 4 heterocycles. The molecule has 4 aromatic rings. The Labute approximate surface area is 633 Å². The lowest BCUT2D eigenvalue weighted by atomic mass is 9.96. The first-order valence-corrected chi connectivity index (χ1v) is 36.1. The number of unbranched alkanes of at least 4 members (excludes halogenated alkanes) is 2. The summed E-state index contributed by atoms with van der Waals surface area (Å²) < 4.78 is 45.5. The largest absolute Gasteiger partial charge is 0.508 e. The zero-order valence-corrected chi connectivity index (χ0v) is 61.9. The van der Waals surface area contributed by atoms with E-state index in [2.05, 4.69) is 33.5 Å². The minimum Gasteiger partial charge on any atom is -0.508 e. The maximum Gasteiger partial charge on any atom is 0.303 e. The fraction of sp³-hybridized carbons (Fsp3) is 0.513. The van der Waals surface area contributed by atoms with Gasteiger partial charge < -0.3 is 115 Å². The molecule has 598 valence electrons. The number of nitrogens with one attached hydrogen (secondary N) is 5. The number of aliphatic hydroxyl groups excluding tert-OH is 7. The molecule has 0 bridgehead atoms. The van der Waals surface area contributed by atoms with Gasteiger partial charge in [0.25, 0.3) is 5.91 Å². The Kier molecular flexibility index (Phi) is 30.8. The lowest BCUT2D eigenvalue weighted by molar-refractivity contribution is -0.306. The topological polar surface area (TPSA) is 490 Å². The van der Waals surface area contributed by atoms with Crippen LogP contribution in [0.5, 0.6) is 11.5 Å². The Bertz CT molecular complexity index is 3880. The average Bonchev–Trinajstić information content (AvgIpc) is 1.65. The van der Waals surface area contributed by atoms with Gasteiger partial charge in [-0.3, -0.25) is 52.7 Å². The predicted molar refractivity (Wildman–Crippen MR) is 384 cm³/mol. The Hall–Kier alpha value is -10.0. The van der Waals surface area contributed by atoms with Crippen LogP contribution in [-0.4, -0.2) is 265 Å². The van der Waals surface area contributed by atoms with Gasteiger partial charge in [0.15, 0.2) is 30.8 Å². The van der Waals surface area contributed by atoms with Gasteiger partial charge >= 0.3 is 23.9 Å². The van der Waals surface area contributed by atoms with Gasteiger partial charge in [0.05, 0.1) is 44.2 Å². The van der Waals surface area contributed by atoms with Crippen molar-refractivity contribution in [3.8, 4) is 33.8 Å². The van der Waals surface area contributed by atoms with Crippen molar-refractivity contribution in [1.29, 1.82) is 0 Å². The monoisotopic (exact) mass is 1540 g/mol. The first-order chi connectivity index (χ1) is 52.2. The smallest absolute Gasteiger partial charge is 0.303 e. The first kappa shape index (κ1) is 85.6. The predicted octanol–water partition coefficient (Wildman–Crippen LogP) is -0.247. The van der Waals surface area contributed by atoms with Gasteiger partial charge in [-0.2, -0.15) is 0 Å². The van der Waals surface area contributed by atoms with Gasteiger partial charge in [0, 0.05) is 65.1 Å². The molecule has 4 saturated heterocycles. The van der Waals surface area contributed by atoms with Gasteiger partial charge in [0.1, 0.15) is 78.8 Å². The van der Waals surface area contributed by atoms with E-state index in [1.807, 2.05) is 48.5 Å². The number of aliphatic hydroxyl groups is 7. The van der Waals surface area contributed by atoms with Crippen LogP contribution in [0.4, 0.5) is 0 Å². The van der Waals surface area contributed by atoms with Crippen molar-refractivity contribution in [3.63, 3.8) is 0 Å². The van der Waals surface area contributed by atoms with Gasteiger partial charge in [-0.15, -0.1) is 0 Å². The molecule has 34 heteroatoms. The summed E-state index contributed by atoms with van der Waals surface area (Å²) in [5.41, 5.74) is 3.09. The maximum absolute atomic E-state index is 15.1. The first-order valence-electron chi connectivity index (χ1n) is 36.1. The summed E-state index contributed by atoms with van der Waals surface area (Å²) in [6, 6.07) is 13.8. The molecule has 0 unspecified atom stereocenters. The molecule has 0 radical (unpaired) electrons. The van der Waals surface area contributed by atoms with Crippen LogP contribution in [0, 0.1) is 5.92 Å². The summed E-state index contributed by atoms with van der Waals surface area (Å²) in [6.07, 6.45) is -19.4. The lowest BCUT2D eigenvalue weighted by Gasteiger charge is -2.43. The third kappa shape index (κ3) is 22.6. The number of hydrogen-bond acceptors (Lipinski definition) is 27. The van der Waals surface area contributed by atoms with Crippen molar-refractivity contribution in [2.24, 2.45) is 5.92 Å². The molecule has 20 atom stereocenters. The summed E-state index contributed by atoms with van der Waals surface area (Å²) in [5, 5.41) is 104. The van der Waals surface area contributed by atoms with Crippen LogP contribution >= 0.6 is 0 Å². The molecular formula is C76H97N7O27. The SMILES string of the molecule is CCCCCOc1ccc(-c2ccc(-c3ccc(C(=O)N[C@H]4C[C@@H](O)[C@@H](OC/C=C\CO[C@@H]5O[C@H](COC(C)=O)[C@@H](OC(C)=O)[C@H](OC(C)=O)[C@H]5OC(C)=O)NC(=O)[C@@H]5[C@@H](O)[C@@H](C)CN5C(=O)[C@H]([C@@H](C)O)NC(=O)[C@H]([C@H](O)[C@@H](O)c5ccc(O)cc5)NC(=O)[C@@H]5C[C@@H](O)CN5C(=O)[C@H]([C@@H](C)O)NC4=O)cc3)cc2)cc1. The molecule has 34 nitrogen and oxygen atoms in total. The fourth-order valence-corrected chi connectivity index (χ4v) is 13.1. The summed E-state index contributed by atoms with van der Waals surface area (Å²) in [6.45, 7) is 7.66. The lowest BCUT2D eigenvalue weighted by Crippen LogP contribution is -2.64. The van der Waals surface area contributed by atoms with Gasteiger partial charge in [-0.05, 0) is 84.5 Å². The number of rotatable bonds is 25. The molecule has 4 aliphatic rings. The third-order valence-electron chi connectivity index (χ3n) is 18.9. The van der Waals surface area contributed by atoms with E-state index in [-0.39, 0.29) is 16.9 Å². The zero-order chi connectivity index (χ0) is 80.4. The quantitative estimate of drug-likeness (QED) is 0.0176. The summed E-state index contributed by atoms with van der Waals surface area (Å²) >= 11 is 0. The minimum absolute atomic E-state index is 0.0519. The number of ether oxygens (including phenoxy) is 8. The Morgan fingerprint density at radius 1 is 0.600 bits per heavy atom. The number of aromatic hydroxyl groups is 1. The highest BCUT2D eigenvalue weighted by atomic mass is 16.7. The van der Waals surface area contributed by atoms with Gasteiger partial charge in [0.2, 0.25) is 35.4 Å². The van der Waals surface area contributed by atoms with Crippen molar-refractivity contribution in [3.05, 3.63) is 120 Å². The number of benzene rings is 4. The average molecular weight is 1540 g/mol. The molecule has 4 aliphatic heterocycles. The van der Waals surface area contributed by atoms with Crippen LogP contribution < -0.4 is 31.3 Å². The number of carbonyl (C=O) groups excluding carboxylic acids is 11. The second-order valence-electron chi connectivity index (χ2n) is 27.5. The number of hydrogen-bond donors (Lipinski definition) is 13. The van der Waals surface area contributed by atoms with E-state index in [0.717, 1.165) is 105 Å². The summed E-state index contributed by atoms with van der Waals surface area (Å²) in [7, 11) is 0. The molecule has 0 aliphatic carbocycles. The van der Waals surface area contributed by atoms with Crippen molar-refractivity contribution in [2.75, 3.05) is 39.5 Å². The molecule has 8 rings (SSSR count). The second-order valence-corrected chi connectivity index (χ2v) is 27.5. The Morgan fingerprint density at radius 3 is 1.69 bits per heavy atom. The molecule has 4 fully saturated rings. The molecule has 110 heavy (non-hydrogen) atoms. The summed E-state index contributed by atoms with van der Waals surface area (Å²) in [5.74, 6) is -12.7. The van der Waals surface area contributed by atoms with Gasteiger partial charge in [-0.1, -0.05) is 99.5 Å². The van der Waals surface area contributed by atoms with E-state index in [1.165, 1.54) is 43.3 Å². The molecule has 7 amide bonds. The highest BCUT2D eigenvalue weighted by Crippen LogP contribution is 2.33. The van der Waals surface area contributed by atoms with Crippen LogP contribution in [-0.2, 0) is 81.1 Å². The number of esters is 4. The number of nitrogens with zero attached hydrogens (tertiary/aromatic N) is 2. The highest BCUT2D eigenvalue weighted by Gasteiger charge is 2.54. The van der Waals surface area contributed by atoms with Gasteiger partial charge in [-0.25, -0.2) is 0 Å². The van der Waals surface area contributed by atoms with E-state index < -0.39 is 233 Å². The molecule has 0 saturated carbocycles. The molecular weight excluding hydrogens is 1440 g/mol.